The van der Waals surface area contributed by atoms with Gasteiger partial charge in [0.05, 0.1) is 22.5 Å². The molecule has 2 unspecified atom stereocenters. The van der Waals surface area contributed by atoms with Crippen LogP contribution in [0.3, 0.4) is 0 Å². The third-order valence-corrected chi connectivity index (χ3v) is 3.53. The molecule has 0 bridgehead atoms. The molecule has 98 valence electrons. The number of hydrogen-bond donors (Lipinski definition) is 1. The number of nitrogens with zero attached hydrogens (tertiary/aromatic N) is 2. The van der Waals surface area contributed by atoms with Gasteiger partial charge in [-0.25, -0.2) is 0 Å². The van der Waals surface area contributed by atoms with Gasteiger partial charge in [-0.15, -0.1) is 0 Å². The molecule has 0 radical (unpaired) electrons. The molecule has 17 heavy (non-hydrogen) atoms. The summed E-state index contributed by atoms with van der Waals surface area (Å²) in [6.45, 7) is 6.10. The number of aryl methyl sites for hydroxylation is 2. The highest BCUT2D eigenvalue weighted by Gasteiger charge is 2.24. The molecule has 0 fully saturated rings. The zero-order chi connectivity index (χ0) is 13.2. The van der Waals surface area contributed by atoms with Crippen LogP contribution in [0.5, 0.6) is 0 Å². The molecule has 0 aliphatic carbocycles. The van der Waals surface area contributed by atoms with Crippen LogP contribution in [0.1, 0.15) is 25.2 Å². The smallest absolute Gasteiger partial charge is 0.0847 e. The Bertz CT molecular complexity index is 376. The number of methoxy groups -OCH3 is 1. The lowest BCUT2D eigenvalue weighted by Crippen LogP contribution is -2.41. The van der Waals surface area contributed by atoms with Gasteiger partial charge in [-0.05, 0) is 12.8 Å². The van der Waals surface area contributed by atoms with Crippen LogP contribution in [0.2, 0.25) is 5.02 Å². The Morgan fingerprint density at radius 3 is 2.41 bits per heavy atom. The second kappa shape index (κ2) is 5.85. The molecule has 5 heteroatoms. The van der Waals surface area contributed by atoms with Gasteiger partial charge < -0.3 is 10.5 Å². The van der Waals surface area contributed by atoms with Crippen molar-refractivity contribution in [3.8, 4) is 0 Å². The molecule has 0 saturated carbocycles. The lowest BCUT2D eigenvalue weighted by atomic mass is 9.96. The number of hydrogen-bond acceptors (Lipinski definition) is 3. The topological polar surface area (TPSA) is 53.1 Å². The maximum atomic E-state index is 6.21. The number of rotatable bonds is 5. The van der Waals surface area contributed by atoms with Crippen LogP contribution in [0.4, 0.5) is 0 Å². The van der Waals surface area contributed by atoms with Crippen molar-refractivity contribution in [1.82, 2.24) is 9.78 Å². The van der Waals surface area contributed by atoms with Gasteiger partial charge in [0.1, 0.15) is 0 Å². The summed E-state index contributed by atoms with van der Waals surface area (Å²) in [6.07, 6.45) is 0.702. The monoisotopic (exact) mass is 259 g/mol. The Labute approximate surface area is 108 Å². The maximum Gasteiger partial charge on any atom is 0.0847 e. The summed E-state index contributed by atoms with van der Waals surface area (Å²) < 4.78 is 7.23. The molecule has 1 rings (SSSR count). The molecular formula is C12H22ClN3O. The van der Waals surface area contributed by atoms with Crippen LogP contribution in [0.25, 0.3) is 0 Å². The van der Waals surface area contributed by atoms with E-state index < -0.39 is 0 Å². The number of nitrogens with two attached hydrogens (primary N) is 1. The van der Waals surface area contributed by atoms with E-state index in [-0.39, 0.29) is 12.1 Å². The van der Waals surface area contributed by atoms with Crippen molar-refractivity contribution >= 4 is 11.6 Å². The van der Waals surface area contributed by atoms with Crippen molar-refractivity contribution in [2.24, 2.45) is 18.7 Å². The Morgan fingerprint density at radius 1 is 1.47 bits per heavy atom. The van der Waals surface area contributed by atoms with Crippen molar-refractivity contribution in [3.63, 3.8) is 0 Å². The Hall–Kier alpha value is -0.580. The van der Waals surface area contributed by atoms with Crippen molar-refractivity contribution in [2.45, 2.75) is 39.3 Å². The minimum Gasteiger partial charge on any atom is -0.380 e. The standard InChI is InChI=1S/C12H22ClN3O/c1-7(2)12(17-5)9(14)6-10-11(13)8(3)15-16(10)4/h7,9,12H,6,14H2,1-5H3. The summed E-state index contributed by atoms with van der Waals surface area (Å²) in [5.41, 5.74) is 8.00. The first-order valence-electron chi connectivity index (χ1n) is 5.84. The summed E-state index contributed by atoms with van der Waals surface area (Å²) in [5, 5.41) is 4.99. The highest BCUT2D eigenvalue weighted by atomic mass is 35.5. The average molecular weight is 260 g/mol. The predicted octanol–water partition coefficient (Wildman–Crippen LogP) is 1.92. The van der Waals surface area contributed by atoms with Gasteiger partial charge in [-0.1, -0.05) is 25.4 Å². The van der Waals surface area contributed by atoms with E-state index in [9.17, 15) is 0 Å². The van der Waals surface area contributed by atoms with Gasteiger partial charge in [0, 0.05) is 26.6 Å². The lowest BCUT2D eigenvalue weighted by molar-refractivity contribution is 0.0437. The van der Waals surface area contributed by atoms with Gasteiger partial charge in [0.15, 0.2) is 0 Å². The van der Waals surface area contributed by atoms with Gasteiger partial charge >= 0.3 is 0 Å². The quantitative estimate of drug-likeness (QED) is 0.879. The van der Waals surface area contributed by atoms with Gasteiger partial charge in [0.2, 0.25) is 0 Å². The number of halogens is 1. The predicted molar refractivity (Wildman–Crippen MR) is 70.3 cm³/mol. The normalized spacial score (nSPS) is 15.3. The molecule has 0 amide bonds. The molecule has 1 heterocycles. The summed E-state index contributed by atoms with van der Waals surface area (Å²) in [7, 11) is 3.58. The summed E-state index contributed by atoms with van der Waals surface area (Å²) in [4.78, 5) is 0. The van der Waals surface area contributed by atoms with E-state index in [1.54, 1.807) is 11.8 Å². The SMILES string of the molecule is COC(C(C)C)C(N)Cc1c(Cl)c(C)nn1C. The number of aromatic nitrogens is 2. The van der Waals surface area contributed by atoms with Crippen molar-refractivity contribution in [3.05, 3.63) is 16.4 Å². The summed E-state index contributed by atoms with van der Waals surface area (Å²) >= 11 is 6.21. The molecule has 4 nitrogen and oxygen atoms in total. The molecule has 1 aromatic heterocycles. The number of ether oxygens (including phenoxy) is 1. The minimum absolute atomic E-state index is 0.0290. The lowest BCUT2D eigenvalue weighted by Gasteiger charge is -2.26. The van der Waals surface area contributed by atoms with E-state index in [0.29, 0.717) is 17.4 Å². The highest BCUT2D eigenvalue weighted by molar-refractivity contribution is 6.31. The van der Waals surface area contributed by atoms with Gasteiger partial charge in [-0.3, -0.25) is 4.68 Å². The van der Waals surface area contributed by atoms with Crippen molar-refractivity contribution in [1.29, 1.82) is 0 Å². The molecule has 0 saturated heterocycles. The van der Waals surface area contributed by atoms with E-state index in [1.165, 1.54) is 0 Å². The first-order valence-corrected chi connectivity index (χ1v) is 6.22. The van der Waals surface area contributed by atoms with E-state index in [2.05, 4.69) is 18.9 Å². The largest absolute Gasteiger partial charge is 0.380 e. The van der Waals surface area contributed by atoms with Crippen LogP contribution in [-0.2, 0) is 18.2 Å². The van der Waals surface area contributed by atoms with Crippen LogP contribution in [0, 0.1) is 12.8 Å². The van der Waals surface area contributed by atoms with Crippen LogP contribution in [-0.4, -0.2) is 29.0 Å². The Morgan fingerprint density at radius 2 is 2.06 bits per heavy atom. The molecule has 0 aromatic carbocycles. The van der Waals surface area contributed by atoms with E-state index in [0.717, 1.165) is 11.4 Å². The Kier molecular flexibility index (Phi) is 4.98. The van der Waals surface area contributed by atoms with E-state index >= 15 is 0 Å². The fourth-order valence-corrected chi connectivity index (χ4v) is 2.42. The van der Waals surface area contributed by atoms with Crippen LogP contribution >= 0.6 is 11.6 Å². The molecule has 0 aliphatic rings. The third-order valence-electron chi connectivity index (χ3n) is 3.04. The van der Waals surface area contributed by atoms with E-state index in [1.807, 2.05) is 14.0 Å². The molecule has 2 N–H and O–H groups in total. The van der Waals surface area contributed by atoms with Gasteiger partial charge in [-0.2, -0.15) is 5.10 Å². The van der Waals surface area contributed by atoms with Crippen LogP contribution in [0.15, 0.2) is 0 Å². The maximum absolute atomic E-state index is 6.21. The molecule has 2 atom stereocenters. The van der Waals surface area contributed by atoms with Gasteiger partial charge in [0.25, 0.3) is 0 Å². The van der Waals surface area contributed by atoms with Crippen molar-refractivity contribution in [2.75, 3.05) is 7.11 Å². The average Bonchev–Trinajstić information content (AvgIpc) is 2.45. The molecule has 0 spiro atoms. The van der Waals surface area contributed by atoms with E-state index in [4.69, 9.17) is 22.1 Å². The fraction of sp³-hybridized carbons (Fsp3) is 0.750. The van der Waals surface area contributed by atoms with Crippen molar-refractivity contribution < 1.29 is 4.74 Å². The fourth-order valence-electron chi connectivity index (χ4n) is 2.18. The Balaban J connectivity index is 2.83. The zero-order valence-corrected chi connectivity index (χ0v) is 12.0. The minimum atomic E-state index is -0.0766. The molecule has 0 aliphatic heterocycles. The zero-order valence-electron chi connectivity index (χ0n) is 11.2. The first-order chi connectivity index (χ1) is 7.88. The molecular weight excluding hydrogens is 238 g/mol. The second-order valence-electron chi connectivity index (χ2n) is 4.78. The second-order valence-corrected chi connectivity index (χ2v) is 5.16. The third kappa shape index (κ3) is 3.21. The first kappa shape index (κ1) is 14.5. The van der Waals surface area contributed by atoms with Crippen LogP contribution < -0.4 is 5.73 Å². The highest BCUT2D eigenvalue weighted by Crippen LogP contribution is 2.22. The summed E-state index contributed by atoms with van der Waals surface area (Å²) in [5.74, 6) is 0.378. The molecule has 1 aromatic rings. The summed E-state index contributed by atoms with van der Waals surface area (Å²) in [6, 6.07) is -0.0766.